The van der Waals surface area contributed by atoms with E-state index >= 15 is 0 Å². The third-order valence-electron chi connectivity index (χ3n) is 2.75. The fourth-order valence-corrected chi connectivity index (χ4v) is 1.85. The Morgan fingerprint density at radius 1 is 1.47 bits per heavy atom. The molecule has 106 valence electrons. The maximum absolute atomic E-state index is 13.8. The zero-order valence-corrected chi connectivity index (χ0v) is 11.8. The van der Waals surface area contributed by atoms with Gasteiger partial charge in [-0.3, -0.25) is 4.90 Å². The lowest BCUT2D eigenvalue weighted by molar-refractivity contribution is 0.126. The number of thiocarbonyl (C=S) groups is 1. The molecule has 3 N–H and O–H groups in total. The van der Waals surface area contributed by atoms with Crippen molar-refractivity contribution in [3.05, 3.63) is 35.1 Å². The van der Waals surface area contributed by atoms with Crippen LogP contribution in [-0.4, -0.2) is 48.4 Å². The molecule has 0 aliphatic heterocycles. The maximum Gasteiger partial charge on any atom is 0.127 e. The maximum atomic E-state index is 13.8. The molecule has 1 aromatic rings. The first-order valence-corrected chi connectivity index (χ1v) is 6.39. The highest BCUT2D eigenvalue weighted by molar-refractivity contribution is 7.80. The number of hydrogen-bond acceptors (Lipinski definition) is 4. The summed E-state index contributed by atoms with van der Waals surface area (Å²) in [6.45, 7) is 2.00. The number of aliphatic hydroxyl groups excluding tert-OH is 1. The highest BCUT2D eigenvalue weighted by Gasteiger charge is 2.10. The summed E-state index contributed by atoms with van der Waals surface area (Å²) in [6, 6.07) is 4.57. The van der Waals surface area contributed by atoms with E-state index in [2.05, 4.69) is 0 Å². The highest BCUT2D eigenvalue weighted by Crippen LogP contribution is 2.13. The van der Waals surface area contributed by atoms with Crippen LogP contribution in [0.4, 0.5) is 4.39 Å². The van der Waals surface area contributed by atoms with Gasteiger partial charge in [0, 0.05) is 37.9 Å². The summed E-state index contributed by atoms with van der Waals surface area (Å²) < 4.78 is 18.7. The van der Waals surface area contributed by atoms with Gasteiger partial charge in [-0.15, -0.1) is 0 Å². The quantitative estimate of drug-likeness (QED) is 0.695. The molecule has 0 radical (unpaired) electrons. The summed E-state index contributed by atoms with van der Waals surface area (Å²) in [4.78, 5) is 2.15. The van der Waals surface area contributed by atoms with Gasteiger partial charge in [-0.05, 0) is 18.2 Å². The molecule has 0 saturated carbocycles. The molecule has 19 heavy (non-hydrogen) atoms. The molecule has 0 bridgehead atoms. The molecule has 1 rings (SSSR count). The van der Waals surface area contributed by atoms with Crippen LogP contribution >= 0.6 is 12.2 Å². The van der Waals surface area contributed by atoms with Crippen LogP contribution in [0.5, 0.6) is 0 Å². The third kappa shape index (κ3) is 5.20. The highest BCUT2D eigenvalue weighted by atomic mass is 32.1. The predicted molar refractivity (Wildman–Crippen MR) is 76.5 cm³/mol. The Bertz CT molecular complexity index is 429. The zero-order chi connectivity index (χ0) is 14.3. The summed E-state index contributed by atoms with van der Waals surface area (Å²) >= 11 is 4.88. The average molecular weight is 286 g/mol. The van der Waals surface area contributed by atoms with Gasteiger partial charge in [0.15, 0.2) is 0 Å². The SMILES string of the molecule is COCCN(CCO)Cc1cc(C(N)=S)ccc1F. The normalized spacial score (nSPS) is 10.9. The first-order valence-electron chi connectivity index (χ1n) is 5.99. The second-order valence-electron chi connectivity index (χ2n) is 4.16. The van der Waals surface area contributed by atoms with Crippen LogP contribution in [0.1, 0.15) is 11.1 Å². The minimum Gasteiger partial charge on any atom is -0.395 e. The molecule has 0 heterocycles. The van der Waals surface area contributed by atoms with Crippen LogP contribution in [0.15, 0.2) is 18.2 Å². The molecule has 0 aliphatic rings. The molecule has 0 aliphatic carbocycles. The number of halogens is 1. The van der Waals surface area contributed by atoms with Crippen molar-refractivity contribution in [3.8, 4) is 0 Å². The number of rotatable bonds is 8. The Hall–Kier alpha value is -1.08. The van der Waals surface area contributed by atoms with E-state index in [-0.39, 0.29) is 17.4 Å². The Labute approximate surface area is 118 Å². The van der Waals surface area contributed by atoms with Crippen LogP contribution in [0.2, 0.25) is 0 Å². The largest absolute Gasteiger partial charge is 0.395 e. The number of nitrogens with two attached hydrogens (primary N) is 1. The lowest BCUT2D eigenvalue weighted by atomic mass is 10.1. The Morgan fingerprint density at radius 3 is 2.79 bits per heavy atom. The van der Waals surface area contributed by atoms with Crippen molar-refractivity contribution in [1.82, 2.24) is 4.90 Å². The van der Waals surface area contributed by atoms with Gasteiger partial charge in [0.05, 0.1) is 13.2 Å². The monoisotopic (exact) mass is 286 g/mol. The van der Waals surface area contributed by atoms with E-state index in [9.17, 15) is 4.39 Å². The number of methoxy groups -OCH3 is 1. The van der Waals surface area contributed by atoms with Crippen molar-refractivity contribution in [3.63, 3.8) is 0 Å². The summed E-state index contributed by atoms with van der Waals surface area (Å²) in [5.41, 5.74) is 6.69. The fraction of sp³-hybridized carbons (Fsp3) is 0.462. The number of ether oxygens (including phenoxy) is 1. The molecular formula is C13H19FN2O2S. The van der Waals surface area contributed by atoms with Gasteiger partial charge in [0.1, 0.15) is 10.8 Å². The average Bonchev–Trinajstić information content (AvgIpc) is 2.38. The molecule has 0 spiro atoms. The third-order valence-corrected chi connectivity index (χ3v) is 2.99. The van der Waals surface area contributed by atoms with E-state index in [1.165, 1.54) is 6.07 Å². The second kappa shape index (κ2) is 8.16. The van der Waals surface area contributed by atoms with Gasteiger partial charge in [-0.2, -0.15) is 0 Å². The Morgan fingerprint density at radius 2 is 2.21 bits per heavy atom. The molecule has 6 heteroatoms. The fourth-order valence-electron chi connectivity index (χ4n) is 1.72. The van der Waals surface area contributed by atoms with Crippen molar-refractivity contribution in [2.75, 3.05) is 33.4 Å². The molecule has 0 aromatic heterocycles. The van der Waals surface area contributed by atoms with E-state index in [1.54, 1.807) is 19.2 Å². The van der Waals surface area contributed by atoms with E-state index in [1.807, 2.05) is 4.90 Å². The summed E-state index contributed by atoms with van der Waals surface area (Å²) in [5, 5.41) is 9.01. The lowest BCUT2D eigenvalue weighted by Crippen LogP contribution is -2.30. The molecule has 0 fully saturated rings. The van der Waals surface area contributed by atoms with E-state index in [0.29, 0.717) is 37.4 Å². The first kappa shape index (κ1) is 16.0. The molecule has 1 aromatic carbocycles. The van der Waals surface area contributed by atoms with Crippen molar-refractivity contribution >= 4 is 17.2 Å². The molecule has 0 unspecified atom stereocenters. The molecule has 0 saturated heterocycles. The Kier molecular flexibility index (Phi) is 6.86. The smallest absolute Gasteiger partial charge is 0.127 e. The summed E-state index contributed by atoms with van der Waals surface area (Å²) in [5.74, 6) is -0.305. The van der Waals surface area contributed by atoms with Crippen LogP contribution in [0, 0.1) is 5.82 Å². The van der Waals surface area contributed by atoms with Crippen molar-refractivity contribution in [2.24, 2.45) is 5.73 Å². The topological polar surface area (TPSA) is 58.7 Å². The molecule has 0 atom stereocenters. The molecular weight excluding hydrogens is 267 g/mol. The molecule has 0 amide bonds. The minimum absolute atomic E-state index is 0.0142. The number of hydrogen-bond donors (Lipinski definition) is 2. The van der Waals surface area contributed by atoms with Crippen molar-refractivity contribution in [2.45, 2.75) is 6.54 Å². The van der Waals surface area contributed by atoms with Crippen molar-refractivity contribution < 1.29 is 14.2 Å². The van der Waals surface area contributed by atoms with Crippen LogP contribution in [-0.2, 0) is 11.3 Å². The second-order valence-corrected chi connectivity index (χ2v) is 4.60. The number of benzene rings is 1. The molecule has 4 nitrogen and oxygen atoms in total. The number of aliphatic hydroxyl groups is 1. The summed E-state index contributed by atoms with van der Waals surface area (Å²) in [6.07, 6.45) is 0. The Balaban J connectivity index is 2.81. The van der Waals surface area contributed by atoms with Crippen LogP contribution in [0.25, 0.3) is 0 Å². The summed E-state index contributed by atoms with van der Waals surface area (Å²) in [7, 11) is 1.60. The minimum atomic E-state index is -0.305. The van der Waals surface area contributed by atoms with Gasteiger partial charge in [-0.25, -0.2) is 4.39 Å². The van der Waals surface area contributed by atoms with E-state index in [0.717, 1.165) is 0 Å². The van der Waals surface area contributed by atoms with Gasteiger partial charge < -0.3 is 15.6 Å². The van der Waals surface area contributed by atoms with Gasteiger partial charge in [0.25, 0.3) is 0 Å². The van der Waals surface area contributed by atoms with Gasteiger partial charge in [0.2, 0.25) is 0 Å². The number of nitrogens with zero attached hydrogens (tertiary/aromatic N) is 1. The lowest BCUT2D eigenvalue weighted by Gasteiger charge is -2.21. The van der Waals surface area contributed by atoms with E-state index < -0.39 is 0 Å². The van der Waals surface area contributed by atoms with Gasteiger partial charge >= 0.3 is 0 Å². The standard InChI is InChI=1S/C13H19FN2O2S/c1-18-7-5-16(4-6-17)9-11-8-10(13(15)19)2-3-12(11)14/h2-3,8,17H,4-7,9H2,1H3,(H2,15,19). The predicted octanol–water partition coefficient (Wildman–Crippen LogP) is 0.901. The first-order chi connectivity index (χ1) is 9.08. The van der Waals surface area contributed by atoms with E-state index in [4.69, 9.17) is 27.8 Å². The van der Waals surface area contributed by atoms with Crippen molar-refractivity contribution in [1.29, 1.82) is 0 Å². The van der Waals surface area contributed by atoms with Gasteiger partial charge in [-0.1, -0.05) is 12.2 Å². The van der Waals surface area contributed by atoms with Crippen LogP contribution < -0.4 is 5.73 Å². The van der Waals surface area contributed by atoms with Crippen LogP contribution in [0.3, 0.4) is 0 Å². The zero-order valence-electron chi connectivity index (χ0n) is 10.9.